The maximum absolute atomic E-state index is 6.40. The van der Waals surface area contributed by atoms with E-state index in [0.717, 1.165) is 18.7 Å². The lowest BCUT2D eigenvalue weighted by molar-refractivity contribution is 0.288. The van der Waals surface area contributed by atoms with E-state index in [-0.39, 0.29) is 5.54 Å². The van der Waals surface area contributed by atoms with E-state index in [0.29, 0.717) is 5.92 Å². The molecule has 1 aliphatic carbocycles. The standard InChI is InChI=1S/C12H21N3/c1-9(2)10-8-14-11(15-10)12(13)6-4-3-5-7-12/h8-9H,3-7,13H2,1-2H3,(H,14,15). The fourth-order valence-corrected chi connectivity index (χ4v) is 2.30. The molecule has 0 aliphatic heterocycles. The monoisotopic (exact) mass is 207 g/mol. The summed E-state index contributed by atoms with van der Waals surface area (Å²) in [5, 5.41) is 0. The molecule has 1 fully saturated rings. The van der Waals surface area contributed by atoms with E-state index in [4.69, 9.17) is 5.73 Å². The predicted octanol–water partition coefficient (Wildman–Crippen LogP) is 2.65. The molecule has 0 aromatic carbocycles. The van der Waals surface area contributed by atoms with Crippen molar-refractivity contribution in [2.45, 2.75) is 57.4 Å². The molecule has 15 heavy (non-hydrogen) atoms. The van der Waals surface area contributed by atoms with Crippen LogP contribution in [0.1, 0.15) is 63.4 Å². The van der Waals surface area contributed by atoms with E-state index in [1.165, 1.54) is 25.0 Å². The van der Waals surface area contributed by atoms with Gasteiger partial charge in [0.2, 0.25) is 0 Å². The molecule has 1 heterocycles. The summed E-state index contributed by atoms with van der Waals surface area (Å²) in [6, 6.07) is 0. The van der Waals surface area contributed by atoms with Crippen molar-refractivity contribution in [1.29, 1.82) is 0 Å². The molecule has 0 radical (unpaired) electrons. The summed E-state index contributed by atoms with van der Waals surface area (Å²) in [5.74, 6) is 1.49. The van der Waals surface area contributed by atoms with Crippen molar-refractivity contribution in [2.75, 3.05) is 0 Å². The van der Waals surface area contributed by atoms with E-state index in [2.05, 4.69) is 23.8 Å². The largest absolute Gasteiger partial charge is 0.344 e. The maximum Gasteiger partial charge on any atom is 0.126 e. The van der Waals surface area contributed by atoms with E-state index < -0.39 is 0 Å². The second kappa shape index (κ2) is 3.97. The Bertz CT molecular complexity index is 321. The van der Waals surface area contributed by atoms with Crippen LogP contribution in [0.4, 0.5) is 0 Å². The lowest BCUT2D eigenvalue weighted by atomic mass is 9.82. The number of rotatable bonds is 2. The van der Waals surface area contributed by atoms with Crippen LogP contribution in [0.3, 0.4) is 0 Å². The molecule has 3 nitrogen and oxygen atoms in total. The van der Waals surface area contributed by atoms with Crippen LogP contribution in [0.25, 0.3) is 0 Å². The van der Waals surface area contributed by atoms with Gasteiger partial charge in [-0.25, -0.2) is 4.98 Å². The molecule has 2 rings (SSSR count). The summed E-state index contributed by atoms with van der Waals surface area (Å²) < 4.78 is 0. The minimum Gasteiger partial charge on any atom is -0.344 e. The van der Waals surface area contributed by atoms with Crippen LogP contribution in [0, 0.1) is 0 Å². The van der Waals surface area contributed by atoms with E-state index in [1.807, 2.05) is 6.20 Å². The SMILES string of the molecule is CC(C)c1cnc(C2(N)CCCCC2)[nH]1. The van der Waals surface area contributed by atoms with Gasteiger partial charge in [0, 0.05) is 11.9 Å². The highest BCUT2D eigenvalue weighted by Crippen LogP contribution is 2.33. The Morgan fingerprint density at radius 1 is 1.33 bits per heavy atom. The first-order valence-electron chi connectivity index (χ1n) is 5.96. The molecule has 1 aromatic rings. The van der Waals surface area contributed by atoms with Crippen molar-refractivity contribution < 1.29 is 0 Å². The van der Waals surface area contributed by atoms with Crippen molar-refractivity contribution in [3.05, 3.63) is 17.7 Å². The number of aromatic amines is 1. The number of aromatic nitrogens is 2. The summed E-state index contributed by atoms with van der Waals surface area (Å²) in [7, 11) is 0. The third-order valence-corrected chi connectivity index (χ3v) is 3.43. The molecule has 84 valence electrons. The fraction of sp³-hybridized carbons (Fsp3) is 0.750. The van der Waals surface area contributed by atoms with Gasteiger partial charge < -0.3 is 10.7 Å². The molecule has 1 aliphatic rings. The Balaban J connectivity index is 2.20. The van der Waals surface area contributed by atoms with E-state index >= 15 is 0 Å². The van der Waals surface area contributed by atoms with Crippen LogP contribution in [0.2, 0.25) is 0 Å². The van der Waals surface area contributed by atoms with Crippen molar-refractivity contribution in [1.82, 2.24) is 9.97 Å². The van der Waals surface area contributed by atoms with Gasteiger partial charge >= 0.3 is 0 Å². The predicted molar refractivity (Wildman–Crippen MR) is 61.6 cm³/mol. The number of nitrogens with zero attached hydrogens (tertiary/aromatic N) is 1. The van der Waals surface area contributed by atoms with Crippen LogP contribution in [-0.4, -0.2) is 9.97 Å². The van der Waals surface area contributed by atoms with Gasteiger partial charge in [0.15, 0.2) is 0 Å². The second-order valence-corrected chi connectivity index (χ2v) is 5.06. The zero-order valence-electron chi connectivity index (χ0n) is 9.71. The molecule has 0 saturated heterocycles. The molecular weight excluding hydrogens is 186 g/mol. The Morgan fingerprint density at radius 3 is 2.53 bits per heavy atom. The third kappa shape index (κ3) is 2.07. The zero-order valence-corrected chi connectivity index (χ0v) is 9.71. The summed E-state index contributed by atoms with van der Waals surface area (Å²) in [6.07, 6.45) is 7.85. The van der Waals surface area contributed by atoms with Crippen molar-refractivity contribution in [3.8, 4) is 0 Å². The number of imidazole rings is 1. The Kier molecular flexibility index (Phi) is 2.83. The van der Waals surface area contributed by atoms with Crippen LogP contribution in [0.15, 0.2) is 6.20 Å². The van der Waals surface area contributed by atoms with Crippen molar-refractivity contribution in [3.63, 3.8) is 0 Å². The third-order valence-electron chi connectivity index (χ3n) is 3.43. The van der Waals surface area contributed by atoms with Gasteiger partial charge in [-0.1, -0.05) is 33.1 Å². The molecule has 0 spiro atoms. The summed E-state index contributed by atoms with van der Waals surface area (Å²) in [5.41, 5.74) is 7.41. The number of hydrogen-bond donors (Lipinski definition) is 2. The fourth-order valence-electron chi connectivity index (χ4n) is 2.30. The Morgan fingerprint density at radius 2 is 2.00 bits per heavy atom. The van der Waals surface area contributed by atoms with E-state index in [9.17, 15) is 0 Å². The minimum atomic E-state index is -0.189. The first kappa shape index (κ1) is 10.7. The molecule has 0 atom stereocenters. The van der Waals surface area contributed by atoms with Crippen LogP contribution in [0.5, 0.6) is 0 Å². The van der Waals surface area contributed by atoms with Gasteiger partial charge in [-0.3, -0.25) is 0 Å². The smallest absolute Gasteiger partial charge is 0.126 e. The lowest BCUT2D eigenvalue weighted by Gasteiger charge is -2.31. The molecule has 1 aromatic heterocycles. The number of nitrogens with two attached hydrogens (primary N) is 1. The summed E-state index contributed by atoms with van der Waals surface area (Å²) >= 11 is 0. The topological polar surface area (TPSA) is 54.7 Å². The molecule has 0 amide bonds. The highest BCUT2D eigenvalue weighted by atomic mass is 15.0. The van der Waals surface area contributed by atoms with Crippen molar-refractivity contribution in [2.24, 2.45) is 5.73 Å². The van der Waals surface area contributed by atoms with Gasteiger partial charge in [-0.05, 0) is 18.8 Å². The highest BCUT2D eigenvalue weighted by Gasteiger charge is 2.32. The minimum absolute atomic E-state index is 0.189. The maximum atomic E-state index is 6.40. The first-order valence-corrected chi connectivity index (χ1v) is 5.96. The summed E-state index contributed by atoms with van der Waals surface area (Å²) in [4.78, 5) is 7.84. The molecule has 0 bridgehead atoms. The number of hydrogen-bond acceptors (Lipinski definition) is 2. The van der Waals surface area contributed by atoms with E-state index in [1.54, 1.807) is 0 Å². The normalized spacial score (nSPS) is 20.8. The van der Waals surface area contributed by atoms with Crippen LogP contribution in [-0.2, 0) is 5.54 Å². The van der Waals surface area contributed by atoms with Gasteiger partial charge in [0.1, 0.15) is 5.82 Å². The van der Waals surface area contributed by atoms with Crippen LogP contribution >= 0.6 is 0 Å². The average molecular weight is 207 g/mol. The quantitative estimate of drug-likeness (QED) is 0.783. The van der Waals surface area contributed by atoms with Gasteiger partial charge in [-0.15, -0.1) is 0 Å². The summed E-state index contributed by atoms with van der Waals surface area (Å²) in [6.45, 7) is 4.34. The number of H-pyrrole nitrogens is 1. The zero-order chi connectivity index (χ0) is 10.9. The molecule has 3 N–H and O–H groups in total. The average Bonchev–Trinajstić information content (AvgIpc) is 2.68. The number of nitrogens with one attached hydrogen (secondary N) is 1. The van der Waals surface area contributed by atoms with Crippen LogP contribution < -0.4 is 5.73 Å². The second-order valence-electron chi connectivity index (χ2n) is 5.06. The van der Waals surface area contributed by atoms with Crippen molar-refractivity contribution >= 4 is 0 Å². The molecule has 3 heteroatoms. The van der Waals surface area contributed by atoms with Gasteiger partial charge in [0.05, 0.1) is 5.54 Å². The lowest BCUT2D eigenvalue weighted by Crippen LogP contribution is -2.39. The van der Waals surface area contributed by atoms with Gasteiger partial charge in [-0.2, -0.15) is 0 Å². The molecule has 0 unspecified atom stereocenters. The molecular formula is C12H21N3. The highest BCUT2D eigenvalue weighted by molar-refractivity contribution is 5.13. The molecule has 1 saturated carbocycles. The Hall–Kier alpha value is -0.830. The Labute approximate surface area is 91.5 Å². The van der Waals surface area contributed by atoms with Gasteiger partial charge in [0.25, 0.3) is 0 Å². The first-order chi connectivity index (χ1) is 7.12.